The number of nitrogens with zero attached hydrogens (tertiary/aromatic N) is 4. The summed E-state index contributed by atoms with van der Waals surface area (Å²) in [4.78, 5) is 12.8. The van der Waals surface area contributed by atoms with Gasteiger partial charge in [-0.1, -0.05) is 12.1 Å². The lowest BCUT2D eigenvalue weighted by Gasteiger charge is -2.16. The normalized spacial score (nSPS) is 11.4. The van der Waals surface area contributed by atoms with Crippen molar-refractivity contribution in [3.05, 3.63) is 71.9 Å². The van der Waals surface area contributed by atoms with Crippen LogP contribution in [-0.2, 0) is 17.8 Å². The van der Waals surface area contributed by atoms with E-state index in [0.717, 1.165) is 29.1 Å². The summed E-state index contributed by atoms with van der Waals surface area (Å²) < 4.78 is 12.9. The number of pyridine rings is 1. The van der Waals surface area contributed by atoms with Gasteiger partial charge in [-0.3, -0.25) is 9.56 Å². The van der Waals surface area contributed by atoms with Crippen molar-refractivity contribution in [1.82, 2.24) is 25.2 Å². The molecule has 0 saturated carbocycles. The lowest BCUT2D eigenvalue weighted by Crippen LogP contribution is -2.36. The number of aryl methyl sites for hydroxylation is 1. The summed E-state index contributed by atoms with van der Waals surface area (Å²) in [6.07, 6.45) is 7.99. The van der Waals surface area contributed by atoms with Gasteiger partial charge in [-0.2, -0.15) is 0 Å². The number of nitrogens with one attached hydrogen (secondary N) is 2. The molecule has 2 heterocycles. The zero-order valence-electron chi connectivity index (χ0n) is 18.3. The van der Waals surface area contributed by atoms with Crippen molar-refractivity contribution in [2.45, 2.75) is 26.4 Å². The van der Waals surface area contributed by atoms with Gasteiger partial charge >= 0.3 is 0 Å². The fourth-order valence-corrected chi connectivity index (χ4v) is 3.02. The summed E-state index contributed by atoms with van der Waals surface area (Å²) >= 11 is 0. The number of aliphatic imine (C=N–C) groups is 1. The van der Waals surface area contributed by atoms with Crippen molar-refractivity contribution in [2.24, 2.45) is 4.99 Å². The maximum absolute atomic E-state index is 5.97. The van der Waals surface area contributed by atoms with Gasteiger partial charge in [0.1, 0.15) is 17.9 Å². The van der Waals surface area contributed by atoms with Gasteiger partial charge in [-0.05, 0) is 36.2 Å². The molecule has 1 aromatic carbocycles. The van der Waals surface area contributed by atoms with Gasteiger partial charge < -0.3 is 20.1 Å². The summed E-state index contributed by atoms with van der Waals surface area (Å²) in [6.45, 7) is 4.60. The Morgan fingerprint density at radius 2 is 1.97 bits per heavy atom. The predicted molar refractivity (Wildman–Crippen MR) is 122 cm³/mol. The lowest BCUT2D eigenvalue weighted by molar-refractivity contribution is 0.171. The van der Waals surface area contributed by atoms with Crippen molar-refractivity contribution >= 4 is 5.96 Å². The van der Waals surface area contributed by atoms with E-state index >= 15 is 0 Å². The molecule has 31 heavy (non-hydrogen) atoms. The summed E-state index contributed by atoms with van der Waals surface area (Å²) in [7, 11) is 3.46. The highest BCUT2D eigenvalue weighted by Crippen LogP contribution is 2.20. The van der Waals surface area contributed by atoms with Crippen LogP contribution in [0.25, 0.3) is 5.82 Å². The highest BCUT2D eigenvalue weighted by Gasteiger charge is 2.07. The topological polar surface area (TPSA) is 85.6 Å². The Hall–Kier alpha value is -3.39. The molecule has 0 saturated heterocycles. The number of ether oxygens (including phenoxy) is 2. The van der Waals surface area contributed by atoms with E-state index in [4.69, 9.17) is 9.47 Å². The summed E-state index contributed by atoms with van der Waals surface area (Å²) in [6, 6.07) is 10.2. The molecule has 0 amide bonds. The zero-order valence-corrected chi connectivity index (χ0v) is 18.3. The van der Waals surface area contributed by atoms with Gasteiger partial charge in [0, 0.05) is 64.4 Å². The first-order valence-corrected chi connectivity index (χ1v) is 10.3. The summed E-state index contributed by atoms with van der Waals surface area (Å²) in [5, 5.41) is 6.71. The van der Waals surface area contributed by atoms with Crippen LogP contribution in [0.4, 0.5) is 0 Å². The molecule has 164 valence electrons. The molecular formula is C23H30N6O2. The Balaban J connectivity index is 1.56. The first-order valence-electron chi connectivity index (χ1n) is 10.3. The molecule has 3 rings (SSSR count). The fourth-order valence-electron chi connectivity index (χ4n) is 3.02. The molecular weight excluding hydrogens is 392 g/mol. The van der Waals surface area contributed by atoms with Crippen molar-refractivity contribution in [1.29, 1.82) is 0 Å². The third kappa shape index (κ3) is 6.82. The van der Waals surface area contributed by atoms with Crippen LogP contribution in [0, 0.1) is 6.92 Å². The maximum Gasteiger partial charge on any atom is 0.191 e. The molecule has 0 aliphatic carbocycles. The third-order valence-corrected chi connectivity index (χ3v) is 4.68. The van der Waals surface area contributed by atoms with E-state index in [1.807, 2.05) is 22.9 Å². The minimum Gasteiger partial charge on any atom is -0.493 e. The van der Waals surface area contributed by atoms with E-state index in [-0.39, 0.29) is 0 Å². The molecule has 0 unspecified atom stereocenters. The first-order chi connectivity index (χ1) is 15.2. The molecule has 8 nitrogen and oxygen atoms in total. The number of rotatable bonds is 10. The molecule has 0 spiro atoms. The van der Waals surface area contributed by atoms with Crippen molar-refractivity contribution in [3.8, 4) is 11.6 Å². The molecule has 0 fully saturated rings. The van der Waals surface area contributed by atoms with Crippen LogP contribution in [0.5, 0.6) is 5.75 Å². The van der Waals surface area contributed by atoms with Crippen LogP contribution in [-0.4, -0.2) is 47.9 Å². The Morgan fingerprint density at radius 1 is 1.10 bits per heavy atom. The van der Waals surface area contributed by atoms with E-state index in [1.54, 1.807) is 32.9 Å². The molecule has 0 radical (unpaired) electrons. The Morgan fingerprint density at radius 3 is 2.74 bits per heavy atom. The first kappa shape index (κ1) is 22.3. The van der Waals surface area contributed by atoms with E-state index in [2.05, 4.69) is 50.7 Å². The average Bonchev–Trinajstić information content (AvgIpc) is 3.33. The Labute approximate surface area is 183 Å². The van der Waals surface area contributed by atoms with Crippen molar-refractivity contribution in [2.75, 3.05) is 27.4 Å². The quantitative estimate of drug-likeness (QED) is 0.297. The van der Waals surface area contributed by atoms with Gasteiger partial charge in [-0.15, -0.1) is 0 Å². The zero-order chi connectivity index (χ0) is 21.9. The predicted octanol–water partition coefficient (Wildman–Crippen LogP) is 2.86. The molecule has 0 aliphatic rings. The second-order valence-corrected chi connectivity index (χ2v) is 7.08. The molecule has 2 N–H and O–H groups in total. The molecule has 0 bridgehead atoms. The Bertz CT molecular complexity index is 972. The maximum atomic E-state index is 5.97. The highest BCUT2D eigenvalue weighted by atomic mass is 16.5. The SMILES string of the molecule is CN=C(NCc1ccnc(-n2ccnc2)c1)NCc1ccc(C)cc1OCCCOC. The second-order valence-electron chi connectivity index (χ2n) is 7.08. The van der Waals surface area contributed by atoms with Gasteiger partial charge in [0.2, 0.25) is 0 Å². The smallest absolute Gasteiger partial charge is 0.191 e. The minimum absolute atomic E-state index is 0.607. The number of hydrogen-bond donors (Lipinski definition) is 2. The molecule has 2 aromatic heterocycles. The number of methoxy groups -OCH3 is 1. The van der Waals surface area contributed by atoms with Gasteiger partial charge in [0.05, 0.1) is 6.61 Å². The van der Waals surface area contributed by atoms with Gasteiger partial charge in [-0.25, -0.2) is 9.97 Å². The summed E-state index contributed by atoms with van der Waals surface area (Å²) in [5.74, 6) is 2.43. The van der Waals surface area contributed by atoms with E-state index in [9.17, 15) is 0 Å². The van der Waals surface area contributed by atoms with Crippen LogP contribution >= 0.6 is 0 Å². The van der Waals surface area contributed by atoms with Gasteiger partial charge in [0.15, 0.2) is 5.96 Å². The van der Waals surface area contributed by atoms with Crippen LogP contribution < -0.4 is 15.4 Å². The average molecular weight is 423 g/mol. The number of hydrogen-bond acceptors (Lipinski definition) is 5. The molecule has 0 aliphatic heterocycles. The largest absolute Gasteiger partial charge is 0.493 e. The number of guanidine groups is 1. The van der Waals surface area contributed by atoms with E-state index in [1.165, 1.54) is 5.56 Å². The molecule has 3 aromatic rings. The van der Waals surface area contributed by atoms with Crippen LogP contribution in [0.15, 0.2) is 60.2 Å². The fraction of sp³-hybridized carbons (Fsp3) is 0.348. The van der Waals surface area contributed by atoms with Crippen molar-refractivity contribution in [3.63, 3.8) is 0 Å². The van der Waals surface area contributed by atoms with Gasteiger partial charge in [0.25, 0.3) is 0 Å². The molecule has 0 atom stereocenters. The van der Waals surface area contributed by atoms with Crippen molar-refractivity contribution < 1.29 is 9.47 Å². The van der Waals surface area contributed by atoms with Crippen LogP contribution in [0.2, 0.25) is 0 Å². The lowest BCUT2D eigenvalue weighted by atomic mass is 10.1. The minimum atomic E-state index is 0.607. The second kappa shape index (κ2) is 11.7. The number of imidazole rings is 1. The standard InChI is InChI=1S/C23H30N6O2/c1-18-5-6-20(21(13-18)31-12-4-11-30-3)16-28-23(24-2)27-15-19-7-8-26-22(14-19)29-10-9-25-17-29/h5-10,13-14,17H,4,11-12,15-16H2,1-3H3,(H2,24,27,28). The van der Waals surface area contributed by atoms with E-state index in [0.29, 0.717) is 32.3 Å². The van der Waals surface area contributed by atoms with Crippen LogP contribution in [0.1, 0.15) is 23.1 Å². The molecule has 8 heteroatoms. The highest BCUT2D eigenvalue weighted by molar-refractivity contribution is 5.79. The van der Waals surface area contributed by atoms with E-state index < -0.39 is 0 Å². The third-order valence-electron chi connectivity index (χ3n) is 4.68. The Kier molecular flexibility index (Phi) is 8.42. The number of aromatic nitrogens is 3. The summed E-state index contributed by atoms with van der Waals surface area (Å²) in [5.41, 5.74) is 3.34. The monoisotopic (exact) mass is 422 g/mol. The van der Waals surface area contributed by atoms with Crippen LogP contribution in [0.3, 0.4) is 0 Å². The number of benzene rings is 1.